The molecule has 2 N–H and O–H groups in total. The molecular weight excluding hydrogens is 366 g/mol. The van der Waals surface area contributed by atoms with Gasteiger partial charge in [-0.3, -0.25) is 9.78 Å². The van der Waals surface area contributed by atoms with E-state index in [9.17, 15) is 4.79 Å². The summed E-state index contributed by atoms with van der Waals surface area (Å²) in [6.45, 7) is 1.72. The van der Waals surface area contributed by atoms with Crippen LogP contribution in [0, 0.1) is 0 Å². The quantitative estimate of drug-likeness (QED) is 0.552. The maximum absolute atomic E-state index is 11.9. The predicted molar refractivity (Wildman–Crippen MR) is 111 cm³/mol. The van der Waals surface area contributed by atoms with Crippen LogP contribution in [0.3, 0.4) is 0 Å². The zero-order valence-corrected chi connectivity index (χ0v) is 15.6. The molecule has 142 valence electrons. The normalized spacial score (nSPS) is 15.3. The van der Waals surface area contributed by atoms with E-state index in [0.29, 0.717) is 23.1 Å². The van der Waals surface area contributed by atoms with Crippen LogP contribution in [0.1, 0.15) is 6.92 Å². The number of carbonyl (C=O) groups excluding carboxylic acids is 1. The Bertz CT molecular complexity index is 1230. The summed E-state index contributed by atoms with van der Waals surface area (Å²) < 4.78 is 5.62. The summed E-state index contributed by atoms with van der Waals surface area (Å²) in [7, 11) is 0. The number of anilines is 3. The number of nitrogens with zero attached hydrogens (tertiary/aromatic N) is 3. The lowest BCUT2D eigenvalue weighted by molar-refractivity contribution is -0.122. The van der Waals surface area contributed by atoms with E-state index in [1.54, 1.807) is 19.3 Å². The SMILES string of the molecule is C[C@@H]1Oc2ccc(Nc3nc(-c4cccnc4)nc4ccccc34)cc2NC1=O. The molecule has 7 nitrogen and oxygen atoms in total. The van der Waals surface area contributed by atoms with Crippen LogP contribution in [0.25, 0.3) is 22.3 Å². The van der Waals surface area contributed by atoms with Crippen molar-refractivity contribution >= 4 is 34.0 Å². The number of nitrogens with one attached hydrogen (secondary N) is 2. The molecule has 1 aliphatic rings. The molecule has 0 unspecified atom stereocenters. The molecule has 2 aromatic heterocycles. The van der Waals surface area contributed by atoms with Gasteiger partial charge in [-0.1, -0.05) is 12.1 Å². The molecule has 0 aliphatic carbocycles. The van der Waals surface area contributed by atoms with E-state index in [1.165, 1.54) is 0 Å². The molecule has 0 radical (unpaired) electrons. The Morgan fingerprint density at radius 1 is 1.07 bits per heavy atom. The Morgan fingerprint density at radius 3 is 2.83 bits per heavy atom. The summed E-state index contributed by atoms with van der Waals surface area (Å²) >= 11 is 0. The smallest absolute Gasteiger partial charge is 0.265 e. The Hall–Kier alpha value is -4.00. The third kappa shape index (κ3) is 3.23. The summed E-state index contributed by atoms with van der Waals surface area (Å²) in [5, 5.41) is 7.12. The Kier molecular flexibility index (Phi) is 4.05. The van der Waals surface area contributed by atoms with Crippen molar-refractivity contribution in [2.45, 2.75) is 13.0 Å². The molecule has 1 aliphatic heterocycles. The highest BCUT2D eigenvalue weighted by Crippen LogP contribution is 2.34. The summed E-state index contributed by atoms with van der Waals surface area (Å²) in [5.41, 5.74) is 3.07. The number of pyridine rings is 1. The molecule has 1 atom stereocenters. The molecule has 0 saturated heterocycles. The maximum Gasteiger partial charge on any atom is 0.265 e. The molecule has 1 amide bonds. The molecular formula is C22H17N5O2. The first-order chi connectivity index (χ1) is 14.2. The number of fused-ring (bicyclic) bond motifs is 2. The van der Waals surface area contributed by atoms with Gasteiger partial charge in [0.1, 0.15) is 11.6 Å². The Morgan fingerprint density at radius 2 is 1.97 bits per heavy atom. The molecule has 7 heteroatoms. The van der Waals surface area contributed by atoms with E-state index in [0.717, 1.165) is 22.2 Å². The van der Waals surface area contributed by atoms with E-state index < -0.39 is 6.10 Å². The van der Waals surface area contributed by atoms with E-state index in [1.807, 2.05) is 54.6 Å². The average molecular weight is 383 g/mol. The van der Waals surface area contributed by atoms with E-state index in [4.69, 9.17) is 9.72 Å². The first kappa shape index (κ1) is 17.1. The molecule has 0 fully saturated rings. The standard InChI is InChI=1S/C22H17N5O2/c1-13-22(28)26-18-11-15(8-9-19(18)29-13)24-21-16-6-2-3-7-17(16)25-20(27-21)14-5-4-10-23-12-14/h2-13H,1H3,(H,26,28)(H,24,25,27)/t13-/m0/s1. The fourth-order valence-corrected chi connectivity index (χ4v) is 3.22. The highest BCUT2D eigenvalue weighted by Gasteiger charge is 2.23. The zero-order valence-electron chi connectivity index (χ0n) is 15.6. The van der Waals surface area contributed by atoms with Gasteiger partial charge < -0.3 is 15.4 Å². The number of hydrogen-bond acceptors (Lipinski definition) is 6. The highest BCUT2D eigenvalue weighted by atomic mass is 16.5. The number of para-hydroxylation sites is 1. The van der Waals surface area contributed by atoms with Gasteiger partial charge in [-0.25, -0.2) is 9.97 Å². The fraction of sp³-hybridized carbons (Fsp3) is 0.0909. The van der Waals surface area contributed by atoms with Gasteiger partial charge in [0.25, 0.3) is 5.91 Å². The monoisotopic (exact) mass is 383 g/mol. The molecule has 4 aromatic rings. The van der Waals surface area contributed by atoms with Gasteiger partial charge in [0.05, 0.1) is 11.2 Å². The van der Waals surface area contributed by atoms with Gasteiger partial charge in [0.2, 0.25) is 0 Å². The van der Waals surface area contributed by atoms with Gasteiger partial charge in [0.15, 0.2) is 11.9 Å². The number of benzene rings is 2. The van der Waals surface area contributed by atoms with Crippen molar-refractivity contribution in [2.75, 3.05) is 10.6 Å². The second-order valence-electron chi connectivity index (χ2n) is 6.74. The summed E-state index contributed by atoms with van der Waals surface area (Å²) in [5.74, 6) is 1.74. The van der Waals surface area contributed by atoms with Crippen molar-refractivity contribution in [3.8, 4) is 17.1 Å². The number of rotatable bonds is 3. The summed E-state index contributed by atoms with van der Waals surface area (Å²) in [6, 6.07) is 17.1. The lowest BCUT2D eigenvalue weighted by atomic mass is 10.2. The van der Waals surface area contributed by atoms with Gasteiger partial charge in [-0.2, -0.15) is 0 Å². The van der Waals surface area contributed by atoms with Gasteiger partial charge >= 0.3 is 0 Å². The largest absolute Gasteiger partial charge is 0.479 e. The number of aromatic nitrogens is 3. The Labute approximate surface area is 166 Å². The van der Waals surface area contributed by atoms with Crippen molar-refractivity contribution in [2.24, 2.45) is 0 Å². The number of amides is 1. The molecule has 29 heavy (non-hydrogen) atoms. The van der Waals surface area contributed by atoms with Crippen LogP contribution in [0.4, 0.5) is 17.2 Å². The van der Waals surface area contributed by atoms with E-state index in [2.05, 4.69) is 20.6 Å². The van der Waals surface area contributed by atoms with Crippen molar-refractivity contribution in [3.63, 3.8) is 0 Å². The molecule has 0 bridgehead atoms. The second kappa shape index (κ2) is 6.87. The average Bonchev–Trinajstić information content (AvgIpc) is 2.75. The van der Waals surface area contributed by atoms with E-state index >= 15 is 0 Å². The third-order valence-corrected chi connectivity index (χ3v) is 4.70. The van der Waals surface area contributed by atoms with E-state index in [-0.39, 0.29) is 5.91 Å². The van der Waals surface area contributed by atoms with Crippen LogP contribution in [0.2, 0.25) is 0 Å². The summed E-state index contributed by atoms with van der Waals surface area (Å²) in [4.78, 5) is 25.5. The topological polar surface area (TPSA) is 89.0 Å². The minimum atomic E-state index is -0.505. The predicted octanol–water partition coefficient (Wildman–Crippen LogP) is 4.15. The third-order valence-electron chi connectivity index (χ3n) is 4.70. The van der Waals surface area contributed by atoms with Crippen LogP contribution in [0.15, 0.2) is 67.0 Å². The fourth-order valence-electron chi connectivity index (χ4n) is 3.22. The molecule has 2 aromatic carbocycles. The van der Waals surface area contributed by atoms with Crippen LogP contribution < -0.4 is 15.4 Å². The van der Waals surface area contributed by atoms with Crippen LogP contribution >= 0.6 is 0 Å². The molecule has 0 saturated carbocycles. The van der Waals surface area contributed by atoms with Crippen LogP contribution in [0.5, 0.6) is 5.75 Å². The Balaban J connectivity index is 1.57. The number of ether oxygens (including phenoxy) is 1. The molecule has 0 spiro atoms. The van der Waals surface area contributed by atoms with Gasteiger partial charge in [0, 0.05) is 29.0 Å². The van der Waals surface area contributed by atoms with Gasteiger partial charge in [-0.05, 0) is 49.4 Å². The van der Waals surface area contributed by atoms with Crippen molar-refractivity contribution in [3.05, 3.63) is 67.0 Å². The highest BCUT2D eigenvalue weighted by molar-refractivity contribution is 5.98. The summed E-state index contributed by atoms with van der Waals surface area (Å²) in [6.07, 6.45) is 2.95. The minimum absolute atomic E-state index is 0.166. The molecule has 3 heterocycles. The molecule has 5 rings (SSSR count). The lowest BCUT2D eigenvalue weighted by Gasteiger charge is -2.23. The van der Waals surface area contributed by atoms with Crippen molar-refractivity contribution in [1.29, 1.82) is 0 Å². The number of carbonyl (C=O) groups is 1. The maximum atomic E-state index is 11.9. The first-order valence-corrected chi connectivity index (χ1v) is 9.23. The van der Waals surface area contributed by atoms with Gasteiger partial charge in [-0.15, -0.1) is 0 Å². The van der Waals surface area contributed by atoms with Crippen molar-refractivity contribution in [1.82, 2.24) is 15.0 Å². The van der Waals surface area contributed by atoms with Crippen LogP contribution in [-0.4, -0.2) is 27.0 Å². The zero-order chi connectivity index (χ0) is 19.8. The second-order valence-corrected chi connectivity index (χ2v) is 6.74. The first-order valence-electron chi connectivity index (χ1n) is 9.23. The minimum Gasteiger partial charge on any atom is -0.479 e. The lowest BCUT2D eigenvalue weighted by Crippen LogP contribution is -2.34. The van der Waals surface area contributed by atoms with Crippen LogP contribution in [-0.2, 0) is 4.79 Å². The van der Waals surface area contributed by atoms with Crippen molar-refractivity contribution < 1.29 is 9.53 Å². The number of hydrogen-bond donors (Lipinski definition) is 2.